The van der Waals surface area contributed by atoms with Gasteiger partial charge in [0.2, 0.25) is 0 Å². The second kappa shape index (κ2) is 11.3. The number of nitrogens with one attached hydrogen (secondary N) is 2. The fourth-order valence-corrected chi connectivity index (χ4v) is 3.17. The number of aliphatic imine (C=N–C) groups is 1. The van der Waals surface area contributed by atoms with E-state index in [4.69, 9.17) is 4.74 Å². The number of aryl methyl sites for hydroxylation is 1. The summed E-state index contributed by atoms with van der Waals surface area (Å²) in [5.74, 6) is 0.195. The van der Waals surface area contributed by atoms with Crippen molar-refractivity contribution in [2.45, 2.75) is 32.6 Å². The average molecular weight is 450 g/mol. The molecule has 0 saturated heterocycles. The molecule has 0 amide bonds. The van der Waals surface area contributed by atoms with E-state index in [0.29, 0.717) is 24.6 Å². The lowest BCUT2D eigenvalue weighted by Crippen LogP contribution is -2.44. The van der Waals surface area contributed by atoms with E-state index in [-0.39, 0.29) is 19.1 Å². The number of esters is 1. The minimum absolute atomic E-state index is 0.230. The molecule has 33 heavy (non-hydrogen) atoms. The van der Waals surface area contributed by atoms with Gasteiger partial charge in [-0.2, -0.15) is 5.10 Å². The normalized spacial score (nSPS) is 13.3. The summed E-state index contributed by atoms with van der Waals surface area (Å²) in [6.07, 6.45) is 3.43. The third-order valence-electron chi connectivity index (χ3n) is 5.07. The number of guanidine groups is 1. The van der Waals surface area contributed by atoms with Crippen molar-refractivity contribution in [3.63, 3.8) is 0 Å². The summed E-state index contributed by atoms with van der Waals surface area (Å²) < 4.78 is 7.07. The minimum Gasteiger partial charge on any atom is -0.457 e. The number of aliphatic hydroxyl groups is 1. The number of carbonyl (C=O) groups is 1. The van der Waals surface area contributed by atoms with Crippen LogP contribution in [0, 0.1) is 0 Å². The van der Waals surface area contributed by atoms with Crippen molar-refractivity contribution in [2.24, 2.45) is 12.0 Å². The second-order valence-electron chi connectivity index (χ2n) is 7.99. The Kier molecular flexibility index (Phi) is 8.21. The topological polar surface area (TPSA) is 101 Å². The van der Waals surface area contributed by atoms with Gasteiger partial charge in [0.05, 0.1) is 24.8 Å². The highest BCUT2D eigenvalue weighted by molar-refractivity contribution is 5.89. The molecule has 0 saturated carbocycles. The van der Waals surface area contributed by atoms with Crippen molar-refractivity contribution in [1.82, 2.24) is 20.4 Å². The monoisotopic (exact) mass is 449 g/mol. The van der Waals surface area contributed by atoms with Gasteiger partial charge in [-0.15, -0.1) is 0 Å². The fourth-order valence-electron chi connectivity index (χ4n) is 3.17. The summed E-state index contributed by atoms with van der Waals surface area (Å²) >= 11 is 0. The van der Waals surface area contributed by atoms with Crippen LogP contribution in [0.4, 0.5) is 0 Å². The van der Waals surface area contributed by atoms with Crippen LogP contribution in [0.25, 0.3) is 0 Å². The van der Waals surface area contributed by atoms with Crippen LogP contribution < -0.4 is 10.6 Å². The van der Waals surface area contributed by atoms with E-state index in [9.17, 15) is 9.90 Å². The largest absolute Gasteiger partial charge is 0.457 e. The van der Waals surface area contributed by atoms with E-state index < -0.39 is 5.60 Å². The highest BCUT2D eigenvalue weighted by Gasteiger charge is 2.25. The van der Waals surface area contributed by atoms with Crippen LogP contribution in [0.15, 0.2) is 72.0 Å². The van der Waals surface area contributed by atoms with Crippen LogP contribution in [0.2, 0.25) is 0 Å². The third-order valence-corrected chi connectivity index (χ3v) is 5.07. The first-order chi connectivity index (χ1) is 15.9. The molecule has 0 radical (unpaired) electrons. The molecule has 2 aromatic carbocycles. The van der Waals surface area contributed by atoms with E-state index in [1.165, 1.54) is 0 Å². The van der Waals surface area contributed by atoms with Gasteiger partial charge < -0.3 is 20.5 Å². The number of hydrogen-bond donors (Lipinski definition) is 3. The van der Waals surface area contributed by atoms with Crippen molar-refractivity contribution < 1.29 is 14.6 Å². The molecule has 3 aromatic rings. The molecule has 0 spiro atoms. The molecule has 174 valence electrons. The molecule has 3 N–H and O–H groups in total. The van der Waals surface area contributed by atoms with Crippen LogP contribution in [0.5, 0.6) is 0 Å². The van der Waals surface area contributed by atoms with Crippen molar-refractivity contribution in [3.8, 4) is 0 Å². The molecular formula is C25H31N5O3. The molecule has 1 heterocycles. The summed E-state index contributed by atoms with van der Waals surface area (Å²) in [7, 11) is 1.81. The lowest BCUT2D eigenvalue weighted by molar-refractivity contribution is 0.0472. The Bertz CT molecular complexity index is 1080. The van der Waals surface area contributed by atoms with Crippen molar-refractivity contribution in [1.29, 1.82) is 0 Å². The van der Waals surface area contributed by atoms with E-state index in [2.05, 4.69) is 20.7 Å². The first-order valence-electron chi connectivity index (χ1n) is 10.9. The standard InChI is InChI=1S/C25H31N5O3/c1-4-26-24(28-18-25(2,32)22-15-29-30(3)16-22)27-14-20-11-8-12-21(13-20)23(31)33-17-19-9-6-5-7-10-19/h5-13,15-16,32H,4,14,17-18H2,1-3H3,(H2,26,27,28). The smallest absolute Gasteiger partial charge is 0.338 e. The van der Waals surface area contributed by atoms with E-state index in [1.54, 1.807) is 36.1 Å². The maximum atomic E-state index is 12.4. The van der Waals surface area contributed by atoms with Gasteiger partial charge in [-0.1, -0.05) is 42.5 Å². The van der Waals surface area contributed by atoms with Crippen LogP contribution in [-0.2, 0) is 30.5 Å². The van der Waals surface area contributed by atoms with Gasteiger partial charge >= 0.3 is 5.97 Å². The van der Waals surface area contributed by atoms with Gasteiger partial charge in [-0.3, -0.25) is 4.68 Å². The minimum atomic E-state index is -1.10. The summed E-state index contributed by atoms with van der Waals surface area (Å²) in [4.78, 5) is 17.0. The lowest BCUT2D eigenvalue weighted by Gasteiger charge is -2.23. The molecule has 0 aliphatic rings. The zero-order valence-corrected chi connectivity index (χ0v) is 19.3. The van der Waals surface area contributed by atoms with Gasteiger partial charge in [0.1, 0.15) is 12.2 Å². The highest BCUT2D eigenvalue weighted by atomic mass is 16.5. The molecule has 0 bridgehead atoms. The molecule has 1 atom stereocenters. The van der Waals surface area contributed by atoms with Crippen molar-refractivity contribution in [2.75, 3.05) is 13.1 Å². The molecule has 0 aliphatic carbocycles. The van der Waals surface area contributed by atoms with Crippen molar-refractivity contribution in [3.05, 3.63) is 89.2 Å². The Morgan fingerprint density at radius 3 is 2.61 bits per heavy atom. The number of aromatic nitrogens is 2. The summed E-state index contributed by atoms with van der Waals surface area (Å²) in [5.41, 5.74) is 1.91. The Morgan fingerprint density at radius 2 is 1.91 bits per heavy atom. The van der Waals surface area contributed by atoms with Gasteiger partial charge in [-0.25, -0.2) is 9.79 Å². The quantitative estimate of drug-likeness (QED) is 0.264. The Morgan fingerprint density at radius 1 is 1.15 bits per heavy atom. The maximum absolute atomic E-state index is 12.4. The summed E-state index contributed by atoms with van der Waals surface area (Å²) in [5, 5.41) is 21.3. The number of nitrogens with zero attached hydrogens (tertiary/aromatic N) is 3. The zero-order chi connectivity index (χ0) is 23.7. The fraction of sp³-hybridized carbons (Fsp3) is 0.320. The Balaban J connectivity index is 1.60. The molecule has 1 aromatic heterocycles. The second-order valence-corrected chi connectivity index (χ2v) is 7.99. The first-order valence-corrected chi connectivity index (χ1v) is 10.9. The first kappa shape index (κ1) is 24.0. The van der Waals surface area contributed by atoms with E-state index in [0.717, 1.165) is 16.7 Å². The molecule has 3 rings (SSSR count). The Hall–Kier alpha value is -3.65. The van der Waals surface area contributed by atoms with Gasteiger partial charge in [-0.05, 0) is 37.1 Å². The number of hydrogen-bond acceptors (Lipinski definition) is 5. The SMILES string of the molecule is CCNC(=NCc1cccc(C(=O)OCc2ccccc2)c1)NCC(C)(O)c1cnn(C)c1. The number of rotatable bonds is 9. The van der Waals surface area contributed by atoms with Gasteiger partial charge in [0.15, 0.2) is 5.96 Å². The average Bonchev–Trinajstić information content (AvgIpc) is 3.27. The molecule has 8 heteroatoms. The summed E-state index contributed by atoms with van der Waals surface area (Å²) in [6, 6.07) is 16.8. The number of benzene rings is 2. The predicted molar refractivity (Wildman–Crippen MR) is 128 cm³/mol. The molecular weight excluding hydrogens is 418 g/mol. The molecule has 8 nitrogen and oxygen atoms in total. The number of carbonyl (C=O) groups excluding carboxylic acids is 1. The zero-order valence-electron chi connectivity index (χ0n) is 19.3. The van der Waals surface area contributed by atoms with Crippen LogP contribution in [-0.4, -0.2) is 39.9 Å². The summed E-state index contributed by atoms with van der Waals surface area (Å²) in [6.45, 7) is 5.23. The lowest BCUT2D eigenvalue weighted by atomic mass is 10.00. The Labute approximate surface area is 194 Å². The predicted octanol–water partition coefficient (Wildman–Crippen LogP) is 2.74. The van der Waals surface area contributed by atoms with E-state index in [1.807, 2.05) is 56.4 Å². The number of ether oxygens (including phenoxy) is 1. The molecule has 0 aliphatic heterocycles. The van der Waals surface area contributed by atoms with Crippen LogP contribution in [0.3, 0.4) is 0 Å². The maximum Gasteiger partial charge on any atom is 0.338 e. The molecule has 1 unspecified atom stereocenters. The van der Waals surface area contributed by atoms with Gasteiger partial charge in [0.25, 0.3) is 0 Å². The van der Waals surface area contributed by atoms with Crippen molar-refractivity contribution >= 4 is 11.9 Å². The van der Waals surface area contributed by atoms with Crippen LogP contribution >= 0.6 is 0 Å². The third kappa shape index (κ3) is 7.18. The molecule has 0 fully saturated rings. The van der Waals surface area contributed by atoms with Gasteiger partial charge in [0, 0.05) is 25.4 Å². The van der Waals surface area contributed by atoms with E-state index >= 15 is 0 Å². The highest BCUT2D eigenvalue weighted by Crippen LogP contribution is 2.18. The van der Waals surface area contributed by atoms with Crippen LogP contribution in [0.1, 0.15) is 40.9 Å².